The van der Waals surface area contributed by atoms with Gasteiger partial charge in [-0.15, -0.1) is 0 Å². The van der Waals surface area contributed by atoms with E-state index in [2.05, 4.69) is 0 Å². The Hall–Kier alpha value is -1.60. The van der Waals surface area contributed by atoms with Crippen LogP contribution >= 0.6 is 0 Å². The van der Waals surface area contributed by atoms with Gasteiger partial charge in [0.2, 0.25) is 0 Å². The van der Waals surface area contributed by atoms with E-state index in [9.17, 15) is 18.0 Å². The van der Waals surface area contributed by atoms with Crippen molar-refractivity contribution in [2.75, 3.05) is 33.2 Å². The van der Waals surface area contributed by atoms with Crippen LogP contribution in [0.3, 0.4) is 0 Å². The van der Waals surface area contributed by atoms with Crippen molar-refractivity contribution in [1.29, 1.82) is 0 Å². The van der Waals surface area contributed by atoms with E-state index < -0.39 is 28.9 Å². The molecule has 1 atom stereocenters. The normalized spacial score (nSPS) is 20.2. The number of amides is 1. The van der Waals surface area contributed by atoms with Crippen LogP contribution in [0.5, 0.6) is 0 Å². The van der Waals surface area contributed by atoms with E-state index in [1.54, 1.807) is 0 Å². The second-order valence-electron chi connectivity index (χ2n) is 4.87. The number of rotatable bonds is 2. The third kappa shape index (κ3) is 2.64. The number of piperazine rings is 1. The van der Waals surface area contributed by atoms with E-state index in [1.165, 1.54) is 4.90 Å². The Kier molecular flexibility index (Phi) is 4.29. The first-order chi connectivity index (χ1) is 9.45. The van der Waals surface area contributed by atoms with E-state index in [1.807, 2.05) is 11.9 Å². The maximum Gasteiger partial charge on any atom is 0.257 e. The van der Waals surface area contributed by atoms with Crippen molar-refractivity contribution in [3.05, 3.63) is 35.1 Å². The first-order valence-electron chi connectivity index (χ1n) is 6.28. The van der Waals surface area contributed by atoms with Gasteiger partial charge in [0.15, 0.2) is 17.5 Å². The molecular weight excluding hydrogens is 271 g/mol. The molecule has 1 heterocycles. The second kappa shape index (κ2) is 5.80. The quantitative estimate of drug-likeness (QED) is 0.819. The molecule has 20 heavy (non-hydrogen) atoms. The molecule has 0 aromatic heterocycles. The second-order valence-corrected chi connectivity index (χ2v) is 4.87. The van der Waals surface area contributed by atoms with Crippen LogP contribution in [-0.4, -0.2) is 55.0 Å². The standard InChI is InChI=1S/C13H16F3N3O/c1-18-4-5-19(8(6-17)7-18)13(20)9-2-3-10(14)12(16)11(9)15/h2-3,8H,4-7,17H2,1H3. The third-order valence-corrected chi connectivity index (χ3v) is 3.48. The van der Waals surface area contributed by atoms with Gasteiger partial charge in [-0.25, -0.2) is 13.2 Å². The number of hydrogen-bond donors (Lipinski definition) is 1. The maximum atomic E-state index is 13.7. The molecule has 1 aliphatic heterocycles. The molecule has 0 bridgehead atoms. The first-order valence-corrected chi connectivity index (χ1v) is 6.28. The highest BCUT2D eigenvalue weighted by Crippen LogP contribution is 2.19. The van der Waals surface area contributed by atoms with Crippen LogP contribution in [0.4, 0.5) is 13.2 Å². The SMILES string of the molecule is CN1CCN(C(=O)c2ccc(F)c(F)c2F)C(CN)C1. The number of nitrogens with two attached hydrogens (primary N) is 1. The monoisotopic (exact) mass is 287 g/mol. The molecule has 2 N–H and O–H groups in total. The van der Waals surface area contributed by atoms with Gasteiger partial charge in [0.1, 0.15) is 0 Å². The molecule has 0 spiro atoms. The van der Waals surface area contributed by atoms with Crippen molar-refractivity contribution in [3.63, 3.8) is 0 Å². The molecule has 1 fully saturated rings. The average molecular weight is 287 g/mol. The fourth-order valence-corrected chi connectivity index (χ4v) is 2.33. The minimum atomic E-state index is -1.63. The van der Waals surface area contributed by atoms with Crippen LogP contribution < -0.4 is 5.73 Å². The highest BCUT2D eigenvalue weighted by molar-refractivity contribution is 5.94. The molecular formula is C13H16F3N3O. The lowest BCUT2D eigenvalue weighted by atomic mass is 10.1. The summed E-state index contributed by atoms with van der Waals surface area (Å²) in [6, 6.07) is 1.44. The number of hydrogen-bond acceptors (Lipinski definition) is 3. The number of carbonyl (C=O) groups is 1. The van der Waals surface area contributed by atoms with E-state index in [0.717, 1.165) is 12.1 Å². The lowest BCUT2D eigenvalue weighted by Crippen LogP contribution is -2.56. The molecule has 1 unspecified atom stereocenters. The van der Waals surface area contributed by atoms with Crippen LogP contribution in [0.15, 0.2) is 12.1 Å². The minimum Gasteiger partial charge on any atom is -0.332 e. The van der Waals surface area contributed by atoms with E-state index in [4.69, 9.17) is 5.73 Å². The smallest absolute Gasteiger partial charge is 0.257 e. The molecule has 1 aliphatic rings. The Morgan fingerprint density at radius 3 is 2.65 bits per heavy atom. The van der Waals surface area contributed by atoms with Crippen molar-refractivity contribution in [2.24, 2.45) is 5.73 Å². The Bertz CT molecular complexity index is 524. The molecule has 1 aromatic carbocycles. The van der Waals surface area contributed by atoms with Gasteiger partial charge < -0.3 is 15.5 Å². The molecule has 0 radical (unpaired) electrons. The van der Waals surface area contributed by atoms with Crippen LogP contribution in [0.2, 0.25) is 0 Å². The lowest BCUT2D eigenvalue weighted by molar-refractivity contribution is 0.0510. The Morgan fingerprint density at radius 2 is 2.00 bits per heavy atom. The van der Waals surface area contributed by atoms with Gasteiger partial charge in [-0.2, -0.15) is 0 Å². The Morgan fingerprint density at radius 1 is 1.30 bits per heavy atom. The van der Waals surface area contributed by atoms with E-state index >= 15 is 0 Å². The summed E-state index contributed by atoms with van der Waals surface area (Å²) in [5.41, 5.74) is 5.15. The Balaban J connectivity index is 2.29. The topological polar surface area (TPSA) is 49.6 Å². The lowest BCUT2D eigenvalue weighted by Gasteiger charge is -2.39. The van der Waals surface area contributed by atoms with Crippen LogP contribution in [0.25, 0.3) is 0 Å². The van der Waals surface area contributed by atoms with Gasteiger partial charge in [-0.3, -0.25) is 4.79 Å². The minimum absolute atomic E-state index is 0.224. The molecule has 1 amide bonds. The number of benzene rings is 1. The summed E-state index contributed by atoms with van der Waals surface area (Å²) in [4.78, 5) is 15.7. The number of carbonyl (C=O) groups excluding carboxylic acids is 1. The van der Waals surface area contributed by atoms with Crippen LogP contribution in [0, 0.1) is 17.5 Å². The van der Waals surface area contributed by atoms with E-state index in [-0.39, 0.29) is 12.6 Å². The molecule has 2 rings (SSSR count). The molecule has 0 saturated carbocycles. The molecule has 4 nitrogen and oxygen atoms in total. The first kappa shape index (κ1) is 14.8. The molecule has 1 aromatic rings. The summed E-state index contributed by atoms with van der Waals surface area (Å²) in [5, 5.41) is 0. The predicted molar refractivity (Wildman–Crippen MR) is 67.7 cm³/mol. The summed E-state index contributed by atoms with van der Waals surface area (Å²) < 4.78 is 39.8. The third-order valence-electron chi connectivity index (χ3n) is 3.48. The zero-order chi connectivity index (χ0) is 14.9. The van der Waals surface area contributed by atoms with Gasteiger partial charge in [0.05, 0.1) is 11.6 Å². The van der Waals surface area contributed by atoms with Gasteiger partial charge in [0.25, 0.3) is 5.91 Å². The summed E-state index contributed by atoms with van der Waals surface area (Å²) in [7, 11) is 1.89. The zero-order valence-electron chi connectivity index (χ0n) is 11.1. The molecule has 110 valence electrons. The number of likely N-dealkylation sites (N-methyl/N-ethyl adjacent to an activating group) is 1. The van der Waals surface area contributed by atoms with Crippen LogP contribution in [0.1, 0.15) is 10.4 Å². The average Bonchev–Trinajstić information content (AvgIpc) is 2.44. The molecule has 1 saturated heterocycles. The summed E-state index contributed by atoms with van der Waals surface area (Å²) in [5.74, 6) is -5.06. The van der Waals surface area contributed by atoms with Crippen molar-refractivity contribution >= 4 is 5.91 Å². The fraction of sp³-hybridized carbons (Fsp3) is 0.462. The predicted octanol–water partition coefficient (Wildman–Crippen LogP) is 0.819. The fourth-order valence-electron chi connectivity index (χ4n) is 2.33. The van der Waals surface area contributed by atoms with Gasteiger partial charge >= 0.3 is 0 Å². The molecule has 7 heteroatoms. The summed E-state index contributed by atoms with van der Waals surface area (Å²) >= 11 is 0. The highest BCUT2D eigenvalue weighted by atomic mass is 19.2. The van der Waals surface area contributed by atoms with Crippen molar-refractivity contribution < 1.29 is 18.0 Å². The number of halogens is 3. The van der Waals surface area contributed by atoms with Crippen molar-refractivity contribution in [3.8, 4) is 0 Å². The van der Waals surface area contributed by atoms with E-state index in [0.29, 0.717) is 19.6 Å². The Labute approximate surface area is 114 Å². The summed E-state index contributed by atoms with van der Waals surface area (Å²) in [6.45, 7) is 1.78. The number of nitrogens with zero attached hydrogens (tertiary/aromatic N) is 2. The van der Waals surface area contributed by atoms with Gasteiger partial charge in [0, 0.05) is 26.2 Å². The van der Waals surface area contributed by atoms with Gasteiger partial charge in [-0.1, -0.05) is 0 Å². The summed E-state index contributed by atoms with van der Waals surface area (Å²) in [6.07, 6.45) is 0. The zero-order valence-corrected chi connectivity index (χ0v) is 11.1. The highest BCUT2D eigenvalue weighted by Gasteiger charge is 2.31. The molecule has 0 aliphatic carbocycles. The van der Waals surface area contributed by atoms with Crippen LogP contribution in [-0.2, 0) is 0 Å². The van der Waals surface area contributed by atoms with Gasteiger partial charge in [-0.05, 0) is 19.2 Å². The largest absolute Gasteiger partial charge is 0.332 e. The maximum absolute atomic E-state index is 13.7. The van der Waals surface area contributed by atoms with Crippen molar-refractivity contribution in [2.45, 2.75) is 6.04 Å². The van der Waals surface area contributed by atoms with Crippen molar-refractivity contribution in [1.82, 2.24) is 9.80 Å².